The third-order valence-electron chi connectivity index (χ3n) is 4.88. The first-order chi connectivity index (χ1) is 13.4. The fourth-order valence-corrected chi connectivity index (χ4v) is 3.27. The van der Waals surface area contributed by atoms with Crippen LogP contribution in [-0.2, 0) is 13.0 Å². The molecule has 2 heterocycles. The maximum Gasteiger partial charge on any atom is 0.261 e. The van der Waals surface area contributed by atoms with E-state index in [0.717, 1.165) is 11.1 Å². The van der Waals surface area contributed by atoms with E-state index < -0.39 is 5.79 Å². The fraction of sp³-hybridized carbons (Fsp3) is 0.227. The summed E-state index contributed by atoms with van der Waals surface area (Å²) in [7, 11) is 0. The lowest BCUT2D eigenvalue weighted by Crippen LogP contribution is -2.29. The van der Waals surface area contributed by atoms with Crippen LogP contribution in [0.1, 0.15) is 35.4 Å². The summed E-state index contributed by atoms with van der Waals surface area (Å²) in [6.45, 7) is 0.227. The van der Waals surface area contributed by atoms with Crippen LogP contribution in [0.25, 0.3) is 10.9 Å². The van der Waals surface area contributed by atoms with E-state index in [1.807, 2.05) is 0 Å². The molecule has 0 fully saturated rings. The van der Waals surface area contributed by atoms with Crippen molar-refractivity contribution in [3.63, 3.8) is 0 Å². The largest absolute Gasteiger partial charge is 0.366 e. The van der Waals surface area contributed by atoms with Gasteiger partial charge in [0.05, 0.1) is 22.5 Å². The van der Waals surface area contributed by atoms with E-state index in [-0.39, 0.29) is 24.9 Å². The zero-order valence-electron chi connectivity index (χ0n) is 15.0. The fourth-order valence-electron chi connectivity index (χ4n) is 3.27. The molecule has 0 unspecified atom stereocenters. The van der Waals surface area contributed by atoms with Crippen molar-refractivity contribution in [3.8, 4) is 17.9 Å². The number of hydrogen-bond donors (Lipinski definition) is 2. The number of aliphatic hydroxyl groups is 2. The van der Waals surface area contributed by atoms with Crippen molar-refractivity contribution in [3.05, 3.63) is 75.3 Å². The number of hydrogen-bond acceptors (Lipinski definition) is 5. The average molecular weight is 371 g/mol. The molecule has 0 saturated carbocycles. The molecular formula is C22H17N3O3. The summed E-state index contributed by atoms with van der Waals surface area (Å²) in [5.74, 6) is 4.87. The van der Waals surface area contributed by atoms with Crippen molar-refractivity contribution in [1.82, 2.24) is 9.55 Å². The van der Waals surface area contributed by atoms with Crippen LogP contribution in [-0.4, -0.2) is 25.6 Å². The van der Waals surface area contributed by atoms with E-state index in [0.29, 0.717) is 28.7 Å². The van der Waals surface area contributed by atoms with Crippen LogP contribution >= 0.6 is 0 Å². The third kappa shape index (κ3) is 3.52. The molecule has 0 amide bonds. The van der Waals surface area contributed by atoms with Crippen molar-refractivity contribution in [2.75, 3.05) is 0 Å². The molecule has 0 atom stereocenters. The number of aryl methyl sites for hydroxylation is 1. The Morgan fingerprint density at radius 1 is 1.00 bits per heavy atom. The van der Waals surface area contributed by atoms with Gasteiger partial charge >= 0.3 is 0 Å². The van der Waals surface area contributed by atoms with Crippen molar-refractivity contribution >= 4 is 10.9 Å². The van der Waals surface area contributed by atoms with Gasteiger partial charge < -0.3 is 10.2 Å². The number of nitriles is 1. The lowest BCUT2D eigenvalue weighted by atomic mass is 10.1. The first kappa shape index (κ1) is 17.9. The number of fused-ring (bicyclic) bond motifs is 2. The SMILES string of the molecule is N#Cc1ccc(C#Cc2ccc3c(=O)n4c(nc3c2)CCC(O)(O)CC4)cc1. The van der Waals surface area contributed by atoms with Gasteiger partial charge in [-0.05, 0) is 42.5 Å². The summed E-state index contributed by atoms with van der Waals surface area (Å²) >= 11 is 0. The van der Waals surface area contributed by atoms with Gasteiger partial charge in [-0.2, -0.15) is 5.26 Å². The quantitative estimate of drug-likeness (QED) is 0.463. The van der Waals surface area contributed by atoms with E-state index in [4.69, 9.17) is 5.26 Å². The summed E-state index contributed by atoms with van der Waals surface area (Å²) in [5, 5.41) is 29.1. The van der Waals surface area contributed by atoms with Crippen molar-refractivity contribution in [2.24, 2.45) is 0 Å². The van der Waals surface area contributed by atoms with Gasteiger partial charge in [0.1, 0.15) is 5.82 Å². The minimum absolute atomic E-state index is 0.0985. The normalized spacial score (nSPS) is 15.0. The number of rotatable bonds is 0. The van der Waals surface area contributed by atoms with E-state index in [9.17, 15) is 15.0 Å². The van der Waals surface area contributed by atoms with Crippen LogP contribution in [0, 0.1) is 23.2 Å². The highest BCUT2D eigenvalue weighted by molar-refractivity contribution is 5.79. The molecule has 4 rings (SSSR count). The first-order valence-corrected chi connectivity index (χ1v) is 8.96. The Morgan fingerprint density at radius 3 is 2.43 bits per heavy atom. The van der Waals surface area contributed by atoms with Crippen LogP contribution in [0.15, 0.2) is 47.3 Å². The van der Waals surface area contributed by atoms with E-state index in [2.05, 4.69) is 22.9 Å². The van der Waals surface area contributed by atoms with Gasteiger partial charge in [0, 0.05) is 36.9 Å². The minimum Gasteiger partial charge on any atom is -0.366 e. The summed E-state index contributed by atoms with van der Waals surface area (Å²) in [6.07, 6.45) is 0.559. The monoisotopic (exact) mass is 371 g/mol. The molecule has 0 saturated heterocycles. The summed E-state index contributed by atoms with van der Waals surface area (Å²) in [6, 6.07) is 14.3. The van der Waals surface area contributed by atoms with Gasteiger partial charge in [0.15, 0.2) is 5.79 Å². The molecular weight excluding hydrogens is 354 g/mol. The third-order valence-corrected chi connectivity index (χ3v) is 4.88. The molecule has 0 radical (unpaired) electrons. The molecule has 0 spiro atoms. The second-order valence-electron chi connectivity index (χ2n) is 6.89. The topological polar surface area (TPSA) is 99.1 Å². The molecule has 3 aromatic rings. The molecule has 6 nitrogen and oxygen atoms in total. The minimum atomic E-state index is -1.77. The lowest BCUT2D eigenvalue weighted by Gasteiger charge is -2.17. The molecule has 6 heteroatoms. The number of nitrogens with zero attached hydrogens (tertiary/aromatic N) is 3. The van der Waals surface area contributed by atoms with Gasteiger partial charge in [0.2, 0.25) is 0 Å². The predicted molar refractivity (Wildman–Crippen MR) is 103 cm³/mol. The lowest BCUT2D eigenvalue weighted by molar-refractivity contribution is -0.169. The summed E-state index contributed by atoms with van der Waals surface area (Å²) in [4.78, 5) is 17.4. The molecule has 1 aliphatic rings. The van der Waals surface area contributed by atoms with Crippen molar-refractivity contribution in [2.45, 2.75) is 31.6 Å². The van der Waals surface area contributed by atoms with E-state index in [1.54, 1.807) is 42.5 Å². The number of aromatic nitrogens is 2. The van der Waals surface area contributed by atoms with Gasteiger partial charge in [0.25, 0.3) is 5.56 Å². The maximum absolute atomic E-state index is 12.8. The highest BCUT2D eigenvalue weighted by Gasteiger charge is 2.28. The van der Waals surface area contributed by atoms with Gasteiger partial charge in [-0.3, -0.25) is 9.36 Å². The van der Waals surface area contributed by atoms with E-state index in [1.165, 1.54) is 4.57 Å². The first-order valence-electron chi connectivity index (χ1n) is 8.96. The smallest absolute Gasteiger partial charge is 0.261 e. The van der Waals surface area contributed by atoms with Crippen molar-refractivity contribution < 1.29 is 10.2 Å². The maximum atomic E-state index is 12.8. The van der Waals surface area contributed by atoms with Crippen LogP contribution in [0.3, 0.4) is 0 Å². The molecule has 2 N–H and O–H groups in total. The zero-order chi connectivity index (χ0) is 19.7. The molecule has 1 aromatic heterocycles. The van der Waals surface area contributed by atoms with Gasteiger partial charge in [-0.25, -0.2) is 4.98 Å². The Bertz CT molecular complexity index is 1220. The molecule has 1 aliphatic heterocycles. The van der Waals surface area contributed by atoms with Crippen LogP contribution in [0.4, 0.5) is 0 Å². The summed E-state index contributed by atoms with van der Waals surface area (Å²) < 4.78 is 1.53. The molecule has 0 aliphatic carbocycles. The van der Waals surface area contributed by atoms with Crippen LogP contribution < -0.4 is 5.56 Å². The second kappa shape index (κ2) is 6.94. The van der Waals surface area contributed by atoms with Crippen LogP contribution in [0.2, 0.25) is 0 Å². The Morgan fingerprint density at radius 2 is 1.68 bits per heavy atom. The van der Waals surface area contributed by atoms with Gasteiger partial charge in [-0.15, -0.1) is 0 Å². The van der Waals surface area contributed by atoms with Gasteiger partial charge in [-0.1, -0.05) is 11.8 Å². The molecule has 138 valence electrons. The Hall–Kier alpha value is -3.45. The molecule has 0 bridgehead atoms. The second-order valence-corrected chi connectivity index (χ2v) is 6.89. The highest BCUT2D eigenvalue weighted by Crippen LogP contribution is 2.21. The number of benzene rings is 2. The average Bonchev–Trinajstić information content (AvgIpc) is 2.85. The van der Waals surface area contributed by atoms with Crippen LogP contribution in [0.5, 0.6) is 0 Å². The molecule has 28 heavy (non-hydrogen) atoms. The Balaban J connectivity index is 1.71. The highest BCUT2D eigenvalue weighted by atomic mass is 16.5. The molecule has 2 aromatic carbocycles. The van der Waals surface area contributed by atoms with Crippen molar-refractivity contribution in [1.29, 1.82) is 5.26 Å². The zero-order valence-corrected chi connectivity index (χ0v) is 15.0. The predicted octanol–water partition coefficient (Wildman–Crippen LogP) is 1.69. The summed E-state index contributed by atoms with van der Waals surface area (Å²) in [5.41, 5.74) is 2.46. The Kier molecular flexibility index (Phi) is 4.44. The van der Waals surface area contributed by atoms with E-state index >= 15 is 0 Å². The standard InChI is InChI=1S/C22H17N3O3/c23-14-17-5-2-15(3-6-17)1-4-16-7-8-18-19(13-16)24-20-9-10-22(27,28)11-12-25(20)21(18)26/h2-3,5-8,13,27-28H,9-12H2. The Labute approximate surface area is 161 Å².